The van der Waals surface area contributed by atoms with Gasteiger partial charge in [-0.25, -0.2) is 4.79 Å². The van der Waals surface area contributed by atoms with Crippen LogP contribution in [0.1, 0.15) is 119 Å². The number of fused-ring (bicyclic) bond motifs is 5. The molecule has 4 aliphatic rings. The molecule has 192 valence electrons. The second-order valence-corrected chi connectivity index (χ2v) is 13.5. The maximum absolute atomic E-state index is 12.3. The van der Waals surface area contributed by atoms with E-state index in [-0.39, 0.29) is 12.1 Å². The van der Waals surface area contributed by atoms with E-state index >= 15 is 0 Å². The highest BCUT2D eigenvalue weighted by atomic mass is 16.5. The van der Waals surface area contributed by atoms with Crippen LogP contribution in [0.5, 0.6) is 0 Å². The molecule has 0 N–H and O–H groups in total. The van der Waals surface area contributed by atoms with Gasteiger partial charge in [0.1, 0.15) is 6.10 Å². The number of esters is 1. The van der Waals surface area contributed by atoms with E-state index in [2.05, 4.69) is 40.7 Å². The zero-order valence-electron chi connectivity index (χ0n) is 23.3. The van der Waals surface area contributed by atoms with Gasteiger partial charge in [0.15, 0.2) is 0 Å². The minimum Gasteiger partial charge on any atom is -0.459 e. The summed E-state index contributed by atoms with van der Waals surface area (Å²) >= 11 is 0. The highest BCUT2D eigenvalue weighted by Gasteiger charge is 2.59. The Morgan fingerprint density at radius 3 is 2.56 bits per heavy atom. The van der Waals surface area contributed by atoms with Crippen LogP contribution in [0.3, 0.4) is 0 Å². The molecule has 3 saturated carbocycles. The average molecular weight is 469 g/mol. The zero-order chi connectivity index (χ0) is 24.7. The van der Waals surface area contributed by atoms with Gasteiger partial charge in [0, 0.05) is 12.0 Å². The molecule has 0 aromatic heterocycles. The van der Waals surface area contributed by atoms with Crippen LogP contribution < -0.4 is 0 Å². The molecule has 34 heavy (non-hydrogen) atoms. The first-order valence-electron chi connectivity index (χ1n) is 14.6. The number of allylic oxidation sites excluding steroid dienone is 2. The van der Waals surface area contributed by atoms with Crippen LogP contribution in [0.4, 0.5) is 0 Å². The fraction of sp³-hybridized carbons (Fsp3) is 0.844. The Balaban J connectivity index is 1.44. The summed E-state index contributed by atoms with van der Waals surface area (Å²) in [6.45, 7) is 16.3. The number of hydrogen-bond donors (Lipinski definition) is 0. The summed E-state index contributed by atoms with van der Waals surface area (Å²) in [6, 6.07) is 0. The quantitative estimate of drug-likeness (QED) is 0.212. The van der Waals surface area contributed by atoms with Crippen molar-refractivity contribution in [2.45, 2.75) is 125 Å². The summed E-state index contributed by atoms with van der Waals surface area (Å²) in [7, 11) is 0. The summed E-state index contributed by atoms with van der Waals surface area (Å²) < 4.78 is 5.90. The van der Waals surface area contributed by atoms with Gasteiger partial charge >= 0.3 is 5.97 Å². The summed E-state index contributed by atoms with van der Waals surface area (Å²) in [5.41, 5.74) is 3.21. The molecular weight excluding hydrogens is 416 g/mol. The number of rotatable bonds is 7. The highest BCUT2D eigenvalue weighted by molar-refractivity contribution is 5.87. The van der Waals surface area contributed by atoms with E-state index in [4.69, 9.17) is 4.74 Å². The van der Waals surface area contributed by atoms with Gasteiger partial charge in [-0.15, -0.1) is 0 Å². The Labute approximate surface area is 210 Å². The Morgan fingerprint density at radius 2 is 1.85 bits per heavy atom. The molecule has 0 aromatic carbocycles. The average Bonchev–Trinajstić information content (AvgIpc) is 3.15. The van der Waals surface area contributed by atoms with Crippen LogP contribution >= 0.6 is 0 Å². The molecule has 0 spiro atoms. The van der Waals surface area contributed by atoms with Gasteiger partial charge in [0.25, 0.3) is 0 Å². The molecule has 0 aliphatic heterocycles. The van der Waals surface area contributed by atoms with Gasteiger partial charge in [-0.1, -0.05) is 71.6 Å². The Hall–Kier alpha value is -1.05. The molecule has 0 amide bonds. The Morgan fingerprint density at radius 1 is 1.09 bits per heavy atom. The van der Waals surface area contributed by atoms with E-state index in [1.54, 1.807) is 5.57 Å². The van der Waals surface area contributed by atoms with Crippen molar-refractivity contribution in [3.63, 3.8) is 0 Å². The van der Waals surface area contributed by atoms with Crippen LogP contribution in [0.15, 0.2) is 23.3 Å². The summed E-state index contributed by atoms with van der Waals surface area (Å²) in [5, 5.41) is 0. The third-order valence-electron chi connectivity index (χ3n) is 11.3. The first-order chi connectivity index (χ1) is 16.1. The van der Waals surface area contributed by atoms with Crippen molar-refractivity contribution < 1.29 is 9.53 Å². The zero-order valence-corrected chi connectivity index (χ0v) is 23.3. The van der Waals surface area contributed by atoms with Gasteiger partial charge in [0.05, 0.1) is 0 Å². The van der Waals surface area contributed by atoms with Crippen LogP contribution in [-0.4, -0.2) is 12.1 Å². The fourth-order valence-corrected chi connectivity index (χ4v) is 9.11. The summed E-state index contributed by atoms with van der Waals surface area (Å²) in [5.74, 6) is 5.11. The molecule has 8 atom stereocenters. The number of ether oxygens (including phenoxy) is 1. The summed E-state index contributed by atoms with van der Waals surface area (Å²) in [4.78, 5) is 12.3. The molecule has 3 fully saturated rings. The minimum absolute atomic E-state index is 0.0645. The minimum atomic E-state index is -0.127. The fourth-order valence-electron chi connectivity index (χ4n) is 9.11. The molecule has 2 heteroatoms. The number of carbonyl (C=O) groups excluding carboxylic acids is 1. The van der Waals surface area contributed by atoms with E-state index in [0.29, 0.717) is 10.8 Å². The molecule has 0 aromatic rings. The van der Waals surface area contributed by atoms with Crippen molar-refractivity contribution in [2.75, 3.05) is 0 Å². The lowest BCUT2D eigenvalue weighted by Crippen LogP contribution is -2.51. The largest absolute Gasteiger partial charge is 0.459 e. The van der Waals surface area contributed by atoms with Gasteiger partial charge in [-0.05, 0) is 105 Å². The Kier molecular flexibility index (Phi) is 7.76. The van der Waals surface area contributed by atoms with Crippen molar-refractivity contribution >= 4 is 5.97 Å². The lowest BCUT2D eigenvalue weighted by molar-refractivity contribution is -0.146. The topological polar surface area (TPSA) is 26.3 Å². The van der Waals surface area contributed by atoms with Crippen molar-refractivity contribution in [3.8, 4) is 0 Å². The van der Waals surface area contributed by atoms with E-state index in [1.165, 1.54) is 57.8 Å². The second-order valence-electron chi connectivity index (χ2n) is 13.5. The van der Waals surface area contributed by atoms with Gasteiger partial charge in [0.2, 0.25) is 0 Å². The van der Waals surface area contributed by atoms with Crippen LogP contribution in [-0.2, 0) is 9.53 Å². The van der Waals surface area contributed by atoms with Crippen molar-refractivity contribution in [1.29, 1.82) is 0 Å². The monoisotopic (exact) mass is 468 g/mol. The van der Waals surface area contributed by atoms with E-state index in [1.807, 2.05) is 19.9 Å². The standard InChI is InChI=1S/C32H52O2/c1-8-22(4)30(33)34-25-16-18-31(6)24(20-25)12-13-26-28-15-14-27(23(5)11-9-10-21(2)3)32(28,7)19-17-29(26)31/h8,12,21,23,25-29H,9-11,13-20H2,1-7H3/b22-8+/t23-,25+,26+,27-,28+,29+,31+,32-/m1/s1. The molecular formula is C32H52O2. The maximum atomic E-state index is 12.3. The smallest absolute Gasteiger partial charge is 0.333 e. The van der Waals surface area contributed by atoms with Crippen molar-refractivity contribution in [2.24, 2.45) is 46.3 Å². The van der Waals surface area contributed by atoms with E-state index in [9.17, 15) is 4.79 Å². The molecule has 2 nitrogen and oxygen atoms in total. The summed E-state index contributed by atoms with van der Waals surface area (Å²) in [6.07, 6.45) is 18.9. The molecule has 4 rings (SSSR count). The van der Waals surface area contributed by atoms with Gasteiger partial charge < -0.3 is 4.74 Å². The van der Waals surface area contributed by atoms with Gasteiger partial charge in [-0.3, -0.25) is 0 Å². The van der Waals surface area contributed by atoms with Crippen LogP contribution in [0.2, 0.25) is 0 Å². The SMILES string of the molecule is C/C=C(\C)C(=O)O[C@H]1CC[C@@]2(C)C(=CC[C@H]3[C@@H]4CC[C@H]([C@H](C)CCCC(C)C)[C@@]4(C)CC[C@@H]32)C1. The predicted octanol–water partition coefficient (Wildman–Crippen LogP) is 8.91. The molecule has 4 aliphatic carbocycles. The number of carbonyl (C=O) groups is 1. The lowest BCUT2D eigenvalue weighted by atomic mass is 9.47. The van der Waals surface area contributed by atoms with E-state index in [0.717, 1.165) is 53.9 Å². The van der Waals surface area contributed by atoms with E-state index < -0.39 is 0 Å². The molecule has 0 heterocycles. The van der Waals surface area contributed by atoms with Crippen LogP contribution in [0.25, 0.3) is 0 Å². The highest BCUT2D eigenvalue weighted by Crippen LogP contribution is 2.67. The third-order valence-corrected chi connectivity index (χ3v) is 11.3. The van der Waals surface area contributed by atoms with Crippen molar-refractivity contribution in [1.82, 2.24) is 0 Å². The first kappa shape index (κ1) is 26.0. The second kappa shape index (κ2) is 10.1. The van der Waals surface area contributed by atoms with Gasteiger partial charge in [-0.2, -0.15) is 0 Å². The third kappa shape index (κ3) is 4.69. The normalized spacial score (nSPS) is 40.8. The Bertz CT molecular complexity index is 806. The molecule has 0 bridgehead atoms. The lowest BCUT2D eigenvalue weighted by Gasteiger charge is -2.58. The van der Waals surface area contributed by atoms with Crippen LogP contribution in [0, 0.1) is 46.3 Å². The molecule has 0 unspecified atom stereocenters. The molecule has 0 saturated heterocycles. The van der Waals surface area contributed by atoms with Crippen molar-refractivity contribution in [3.05, 3.63) is 23.3 Å². The maximum Gasteiger partial charge on any atom is 0.333 e. The molecule has 0 radical (unpaired) electrons. The predicted molar refractivity (Wildman–Crippen MR) is 142 cm³/mol. The number of hydrogen-bond acceptors (Lipinski definition) is 2. The first-order valence-corrected chi connectivity index (χ1v) is 14.6.